The Bertz CT molecular complexity index is 564. The Hall–Kier alpha value is -0.270. The molecule has 0 aromatic heterocycles. The zero-order chi connectivity index (χ0) is 16.1. The number of sulfonamides is 1. The van der Waals surface area contributed by atoms with Gasteiger partial charge in [-0.2, -0.15) is 11.8 Å². The summed E-state index contributed by atoms with van der Waals surface area (Å²) in [5.74, 6) is 0. The molecule has 1 aromatic carbocycles. The fourth-order valence-corrected chi connectivity index (χ4v) is 4.39. The Kier molecular flexibility index (Phi) is 7.00. The summed E-state index contributed by atoms with van der Waals surface area (Å²) in [5, 5.41) is 0.377. The molecule has 0 fully saturated rings. The lowest BCUT2D eigenvalue weighted by atomic mass is 10.0. The van der Waals surface area contributed by atoms with Crippen molar-refractivity contribution in [3.63, 3.8) is 0 Å². The summed E-state index contributed by atoms with van der Waals surface area (Å²) in [7, 11) is -3.56. The number of thioether (sulfide) groups is 1. The van der Waals surface area contributed by atoms with Gasteiger partial charge >= 0.3 is 0 Å². The van der Waals surface area contributed by atoms with E-state index in [-0.39, 0.29) is 16.2 Å². The second kappa shape index (κ2) is 7.83. The third-order valence-electron chi connectivity index (χ3n) is 3.86. The maximum atomic E-state index is 12.4. The molecule has 0 saturated heterocycles. The van der Waals surface area contributed by atoms with Crippen molar-refractivity contribution >= 4 is 33.4 Å². The highest BCUT2D eigenvalue weighted by molar-refractivity contribution is 8.00. The molecule has 4 nitrogen and oxygen atoms in total. The summed E-state index contributed by atoms with van der Waals surface area (Å²) >= 11 is 7.72. The Morgan fingerprint density at radius 1 is 1.33 bits per heavy atom. The van der Waals surface area contributed by atoms with E-state index in [0.717, 1.165) is 18.4 Å². The zero-order valence-electron chi connectivity index (χ0n) is 12.6. The van der Waals surface area contributed by atoms with Gasteiger partial charge in [0.2, 0.25) is 10.0 Å². The molecule has 0 atom stereocenters. The summed E-state index contributed by atoms with van der Waals surface area (Å²) in [6, 6.07) is 4.64. The molecule has 21 heavy (non-hydrogen) atoms. The third-order valence-corrected chi connectivity index (χ3v) is 7.20. The van der Waals surface area contributed by atoms with E-state index in [0.29, 0.717) is 11.6 Å². The van der Waals surface area contributed by atoms with Gasteiger partial charge in [-0.15, -0.1) is 0 Å². The largest absolute Gasteiger partial charge is 0.326 e. The molecule has 0 bridgehead atoms. The van der Waals surface area contributed by atoms with E-state index in [1.54, 1.807) is 17.8 Å². The highest BCUT2D eigenvalue weighted by atomic mass is 35.5. The molecule has 0 amide bonds. The minimum Gasteiger partial charge on any atom is -0.326 e. The first-order valence-electron chi connectivity index (χ1n) is 6.87. The second-order valence-electron chi connectivity index (χ2n) is 4.88. The van der Waals surface area contributed by atoms with Gasteiger partial charge in [0.15, 0.2) is 0 Å². The fourth-order valence-electron chi connectivity index (χ4n) is 2.03. The molecule has 7 heteroatoms. The first-order chi connectivity index (χ1) is 9.84. The highest BCUT2D eigenvalue weighted by Gasteiger charge is 2.27. The van der Waals surface area contributed by atoms with Crippen LogP contribution < -0.4 is 10.5 Å². The molecule has 0 aliphatic rings. The van der Waals surface area contributed by atoms with Gasteiger partial charge in [-0.1, -0.05) is 31.5 Å². The predicted molar refractivity (Wildman–Crippen MR) is 91.4 cm³/mol. The van der Waals surface area contributed by atoms with Crippen LogP contribution in [-0.2, 0) is 16.6 Å². The molecule has 0 radical (unpaired) electrons. The topological polar surface area (TPSA) is 72.2 Å². The number of halogens is 1. The van der Waals surface area contributed by atoms with Crippen LogP contribution >= 0.6 is 23.4 Å². The highest BCUT2D eigenvalue weighted by Crippen LogP contribution is 2.30. The maximum absolute atomic E-state index is 12.4. The van der Waals surface area contributed by atoms with Crippen molar-refractivity contribution in [2.75, 3.05) is 12.8 Å². The van der Waals surface area contributed by atoms with Crippen molar-refractivity contribution in [2.45, 2.75) is 42.9 Å². The zero-order valence-corrected chi connectivity index (χ0v) is 15.0. The first-order valence-corrected chi connectivity index (χ1v) is 9.96. The van der Waals surface area contributed by atoms with Gasteiger partial charge < -0.3 is 5.73 Å². The molecular formula is C14H23ClN2O2S2. The van der Waals surface area contributed by atoms with Crippen molar-refractivity contribution in [2.24, 2.45) is 5.73 Å². The molecule has 0 saturated carbocycles. The van der Waals surface area contributed by atoms with E-state index in [2.05, 4.69) is 18.6 Å². The standard InChI is InChI=1S/C14H23ClN2O2S2/c1-4-14(5-2,20-3)10-17-21(18,19)12-7-6-11(9-16)13(15)8-12/h6-8,17H,4-5,9-10,16H2,1-3H3. The quantitative estimate of drug-likeness (QED) is 0.756. The Balaban J connectivity index is 2.94. The van der Waals surface area contributed by atoms with E-state index in [9.17, 15) is 8.42 Å². The fraction of sp³-hybridized carbons (Fsp3) is 0.571. The molecular weight excluding hydrogens is 328 g/mol. The van der Waals surface area contributed by atoms with Gasteiger partial charge in [0.05, 0.1) is 4.90 Å². The normalized spacial score (nSPS) is 12.6. The first kappa shape index (κ1) is 18.8. The van der Waals surface area contributed by atoms with Gasteiger partial charge in [0.1, 0.15) is 0 Å². The molecule has 120 valence electrons. The monoisotopic (exact) mass is 350 g/mol. The van der Waals surface area contributed by atoms with Gasteiger partial charge in [0.25, 0.3) is 0 Å². The predicted octanol–water partition coefficient (Wildman–Crippen LogP) is 3.00. The van der Waals surface area contributed by atoms with Crippen LogP contribution in [0, 0.1) is 0 Å². The number of hydrogen-bond donors (Lipinski definition) is 2. The number of nitrogens with one attached hydrogen (secondary N) is 1. The minimum atomic E-state index is -3.56. The van der Waals surface area contributed by atoms with Crippen LogP contribution in [0.25, 0.3) is 0 Å². The number of benzene rings is 1. The molecule has 3 N–H and O–H groups in total. The molecule has 0 unspecified atom stereocenters. The average Bonchev–Trinajstić information content (AvgIpc) is 2.49. The van der Waals surface area contributed by atoms with Crippen LogP contribution in [-0.4, -0.2) is 26.0 Å². The Morgan fingerprint density at radius 3 is 2.38 bits per heavy atom. The van der Waals surface area contributed by atoms with Gasteiger partial charge in [-0.25, -0.2) is 13.1 Å². The van der Waals surface area contributed by atoms with Crippen molar-refractivity contribution in [3.05, 3.63) is 28.8 Å². The second-order valence-corrected chi connectivity index (χ2v) is 8.32. The number of hydrogen-bond acceptors (Lipinski definition) is 4. The number of rotatable bonds is 8. The van der Waals surface area contributed by atoms with Gasteiger partial charge in [-0.3, -0.25) is 0 Å². The summed E-state index contributed by atoms with van der Waals surface area (Å²) < 4.78 is 27.4. The Morgan fingerprint density at radius 2 is 1.95 bits per heavy atom. The van der Waals surface area contributed by atoms with E-state index >= 15 is 0 Å². The minimum absolute atomic E-state index is 0.0753. The van der Waals surface area contributed by atoms with Crippen molar-refractivity contribution in [3.8, 4) is 0 Å². The van der Waals surface area contributed by atoms with Crippen molar-refractivity contribution in [1.82, 2.24) is 4.72 Å². The molecule has 0 aliphatic heterocycles. The van der Waals surface area contributed by atoms with Crippen LogP contribution in [0.4, 0.5) is 0 Å². The molecule has 0 aliphatic carbocycles. The van der Waals surface area contributed by atoms with E-state index < -0.39 is 10.0 Å². The lowest BCUT2D eigenvalue weighted by molar-refractivity contribution is 0.522. The van der Waals surface area contributed by atoms with Gasteiger partial charge in [-0.05, 0) is 36.8 Å². The van der Waals surface area contributed by atoms with Crippen LogP contribution in [0.1, 0.15) is 32.3 Å². The summed E-state index contributed by atoms with van der Waals surface area (Å²) in [6.45, 7) is 4.83. The van der Waals surface area contributed by atoms with E-state index in [1.165, 1.54) is 12.1 Å². The van der Waals surface area contributed by atoms with Crippen LogP contribution in [0.2, 0.25) is 5.02 Å². The lowest BCUT2D eigenvalue weighted by Crippen LogP contribution is -2.39. The molecule has 1 rings (SSSR count). The number of nitrogens with two attached hydrogens (primary N) is 1. The maximum Gasteiger partial charge on any atom is 0.240 e. The molecule has 0 heterocycles. The Labute approximate surface area is 136 Å². The molecule has 0 spiro atoms. The SMILES string of the molecule is CCC(CC)(CNS(=O)(=O)c1ccc(CN)c(Cl)c1)SC. The third kappa shape index (κ3) is 4.60. The smallest absolute Gasteiger partial charge is 0.240 e. The molecule has 1 aromatic rings. The van der Waals surface area contributed by atoms with E-state index in [1.807, 2.05) is 6.26 Å². The van der Waals surface area contributed by atoms with E-state index in [4.69, 9.17) is 17.3 Å². The summed E-state index contributed by atoms with van der Waals surface area (Å²) in [5.41, 5.74) is 6.26. The van der Waals surface area contributed by atoms with Crippen molar-refractivity contribution in [1.29, 1.82) is 0 Å². The van der Waals surface area contributed by atoms with Crippen LogP contribution in [0.5, 0.6) is 0 Å². The van der Waals surface area contributed by atoms with Crippen LogP contribution in [0.3, 0.4) is 0 Å². The summed E-state index contributed by atoms with van der Waals surface area (Å²) in [4.78, 5) is 0.173. The average molecular weight is 351 g/mol. The van der Waals surface area contributed by atoms with Gasteiger partial charge in [0, 0.05) is 22.9 Å². The van der Waals surface area contributed by atoms with Crippen molar-refractivity contribution < 1.29 is 8.42 Å². The van der Waals surface area contributed by atoms with Crippen LogP contribution in [0.15, 0.2) is 23.1 Å². The lowest BCUT2D eigenvalue weighted by Gasteiger charge is -2.29. The summed E-state index contributed by atoms with van der Waals surface area (Å²) in [6.07, 6.45) is 3.81.